The molecule has 3 atom stereocenters. The maximum atomic E-state index is 10.7. The first-order valence-electron chi connectivity index (χ1n) is 7.37. The zero-order chi connectivity index (χ0) is 14.1. The van der Waals surface area contributed by atoms with Gasteiger partial charge in [-0.1, -0.05) is 11.6 Å². The lowest BCUT2D eigenvalue weighted by Crippen LogP contribution is -2.48. The monoisotopic (exact) mass is 277 g/mol. The van der Waals surface area contributed by atoms with Crippen LogP contribution in [0.1, 0.15) is 30.1 Å². The highest BCUT2D eigenvalue weighted by Gasteiger charge is 2.36. The van der Waals surface area contributed by atoms with E-state index in [0.29, 0.717) is 6.04 Å². The maximum Gasteiger partial charge on any atom is 0.124 e. The van der Waals surface area contributed by atoms with Gasteiger partial charge < -0.3 is 14.6 Å². The van der Waals surface area contributed by atoms with E-state index in [1.54, 1.807) is 7.11 Å². The van der Waals surface area contributed by atoms with Crippen LogP contribution in [0.2, 0.25) is 0 Å². The molecule has 4 heteroatoms. The highest BCUT2D eigenvalue weighted by atomic mass is 16.5. The van der Waals surface area contributed by atoms with E-state index in [2.05, 4.69) is 4.90 Å². The predicted molar refractivity (Wildman–Crippen MR) is 77.0 cm³/mol. The van der Waals surface area contributed by atoms with Gasteiger partial charge in [-0.05, 0) is 38.4 Å². The second kappa shape index (κ2) is 5.72. The molecular formula is C16H23NO3. The fourth-order valence-corrected chi connectivity index (χ4v) is 3.32. The molecular weight excluding hydrogens is 254 g/mol. The van der Waals surface area contributed by atoms with Crippen molar-refractivity contribution < 1.29 is 14.6 Å². The largest absolute Gasteiger partial charge is 0.496 e. The number of ether oxygens (including phenoxy) is 2. The van der Waals surface area contributed by atoms with Crippen molar-refractivity contribution in [3.05, 3.63) is 29.3 Å². The van der Waals surface area contributed by atoms with Gasteiger partial charge >= 0.3 is 0 Å². The van der Waals surface area contributed by atoms with Gasteiger partial charge in [0.15, 0.2) is 0 Å². The van der Waals surface area contributed by atoms with Gasteiger partial charge in [-0.25, -0.2) is 0 Å². The second-order valence-corrected chi connectivity index (χ2v) is 5.85. The predicted octanol–water partition coefficient (Wildman–Crippen LogP) is 1.90. The van der Waals surface area contributed by atoms with Gasteiger partial charge in [-0.15, -0.1) is 0 Å². The molecule has 2 saturated heterocycles. The van der Waals surface area contributed by atoms with E-state index in [1.165, 1.54) is 12.8 Å². The van der Waals surface area contributed by atoms with E-state index in [-0.39, 0.29) is 6.10 Å². The molecule has 1 aromatic carbocycles. The summed E-state index contributed by atoms with van der Waals surface area (Å²) in [4.78, 5) is 2.44. The zero-order valence-corrected chi connectivity index (χ0v) is 12.2. The standard InChI is InChI=1S/C16H23NO3/c1-11-5-6-14(19-2)13(8-11)16(18)15-9-17-7-3-4-12(17)10-20-15/h5-6,8,12,15-16,18H,3-4,7,9-10H2,1-2H3. The molecule has 0 aromatic heterocycles. The summed E-state index contributed by atoms with van der Waals surface area (Å²) in [5.41, 5.74) is 1.95. The van der Waals surface area contributed by atoms with E-state index in [4.69, 9.17) is 9.47 Å². The molecule has 2 fully saturated rings. The number of hydrogen-bond acceptors (Lipinski definition) is 4. The van der Waals surface area contributed by atoms with Gasteiger partial charge in [-0.3, -0.25) is 4.90 Å². The minimum atomic E-state index is -0.633. The summed E-state index contributed by atoms with van der Waals surface area (Å²) in [5.74, 6) is 0.732. The first-order valence-corrected chi connectivity index (χ1v) is 7.37. The number of aliphatic hydroxyl groups is 1. The molecule has 4 nitrogen and oxygen atoms in total. The molecule has 20 heavy (non-hydrogen) atoms. The average molecular weight is 277 g/mol. The molecule has 0 saturated carbocycles. The molecule has 0 spiro atoms. The third-order valence-corrected chi connectivity index (χ3v) is 4.47. The van der Waals surface area contributed by atoms with Gasteiger partial charge in [0, 0.05) is 18.2 Å². The molecule has 3 unspecified atom stereocenters. The molecule has 0 amide bonds. The molecule has 2 heterocycles. The minimum Gasteiger partial charge on any atom is -0.496 e. The van der Waals surface area contributed by atoms with Crippen molar-refractivity contribution in [2.75, 3.05) is 26.8 Å². The minimum absolute atomic E-state index is 0.167. The van der Waals surface area contributed by atoms with Crippen molar-refractivity contribution in [3.63, 3.8) is 0 Å². The molecule has 0 aliphatic carbocycles. The maximum absolute atomic E-state index is 10.7. The highest BCUT2D eigenvalue weighted by Crippen LogP contribution is 2.33. The normalized spacial score (nSPS) is 28.1. The Morgan fingerprint density at radius 2 is 2.30 bits per heavy atom. The number of fused-ring (bicyclic) bond motifs is 1. The Labute approximate surface area is 120 Å². The molecule has 0 radical (unpaired) electrons. The van der Waals surface area contributed by atoms with E-state index in [0.717, 1.165) is 36.6 Å². The lowest BCUT2D eigenvalue weighted by atomic mass is 9.99. The Morgan fingerprint density at radius 1 is 1.45 bits per heavy atom. The number of methoxy groups -OCH3 is 1. The molecule has 1 N–H and O–H groups in total. The average Bonchev–Trinajstić information content (AvgIpc) is 2.93. The second-order valence-electron chi connectivity index (χ2n) is 5.85. The summed E-state index contributed by atoms with van der Waals surface area (Å²) >= 11 is 0. The molecule has 110 valence electrons. The van der Waals surface area contributed by atoms with E-state index in [9.17, 15) is 5.11 Å². The van der Waals surface area contributed by atoms with Crippen molar-refractivity contribution in [1.82, 2.24) is 4.90 Å². The number of rotatable bonds is 3. The third kappa shape index (κ3) is 2.55. The van der Waals surface area contributed by atoms with Crippen LogP contribution < -0.4 is 4.74 Å². The quantitative estimate of drug-likeness (QED) is 0.916. The molecule has 0 bridgehead atoms. The summed E-state index contributed by atoms with van der Waals surface area (Å²) < 4.78 is 11.3. The van der Waals surface area contributed by atoms with Crippen LogP contribution in [0.5, 0.6) is 5.75 Å². The van der Waals surface area contributed by atoms with Crippen molar-refractivity contribution >= 4 is 0 Å². The first-order chi connectivity index (χ1) is 9.69. The topological polar surface area (TPSA) is 41.9 Å². The van der Waals surface area contributed by atoms with Crippen LogP contribution in [0.4, 0.5) is 0 Å². The van der Waals surface area contributed by atoms with Crippen molar-refractivity contribution in [2.24, 2.45) is 0 Å². The van der Waals surface area contributed by atoms with E-state index >= 15 is 0 Å². The third-order valence-electron chi connectivity index (χ3n) is 4.47. The summed E-state index contributed by atoms with van der Waals surface area (Å²) in [5, 5.41) is 10.7. The smallest absolute Gasteiger partial charge is 0.124 e. The summed E-state index contributed by atoms with van der Waals surface area (Å²) in [6.07, 6.45) is 1.66. The molecule has 3 rings (SSSR count). The van der Waals surface area contributed by atoms with Gasteiger partial charge in [0.05, 0.1) is 13.7 Å². The summed E-state index contributed by atoms with van der Waals surface area (Å²) in [6.45, 7) is 4.69. The lowest BCUT2D eigenvalue weighted by molar-refractivity contribution is -0.104. The SMILES string of the molecule is COc1ccc(C)cc1C(O)C1CN2CCCC2CO1. The number of benzene rings is 1. The zero-order valence-electron chi connectivity index (χ0n) is 12.2. The van der Waals surface area contributed by atoms with E-state index in [1.807, 2.05) is 25.1 Å². The van der Waals surface area contributed by atoms with Gasteiger partial charge in [0.2, 0.25) is 0 Å². The molecule has 2 aliphatic heterocycles. The van der Waals surface area contributed by atoms with Crippen molar-refractivity contribution in [1.29, 1.82) is 0 Å². The van der Waals surface area contributed by atoms with Gasteiger partial charge in [0.1, 0.15) is 18.0 Å². The number of morpholine rings is 1. The fourth-order valence-electron chi connectivity index (χ4n) is 3.32. The number of nitrogens with zero attached hydrogens (tertiary/aromatic N) is 1. The van der Waals surface area contributed by atoms with E-state index < -0.39 is 6.10 Å². The Morgan fingerprint density at radius 3 is 3.10 bits per heavy atom. The van der Waals surface area contributed by atoms with Crippen molar-refractivity contribution in [3.8, 4) is 5.75 Å². The summed E-state index contributed by atoms with van der Waals surface area (Å²) in [6, 6.07) is 6.45. The Bertz CT molecular complexity index is 477. The Balaban J connectivity index is 1.78. The first kappa shape index (κ1) is 13.9. The van der Waals surface area contributed by atoms with Crippen LogP contribution in [0.25, 0.3) is 0 Å². The van der Waals surface area contributed by atoms with Crippen molar-refractivity contribution in [2.45, 2.75) is 38.0 Å². The van der Waals surface area contributed by atoms with Gasteiger partial charge in [-0.2, -0.15) is 0 Å². The van der Waals surface area contributed by atoms with Crippen LogP contribution in [-0.2, 0) is 4.74 Å². The highest BCUT2D eigenvalue weighted by molar-refractivity contribution is 5.39. The number of aryl methyl sites for hydroxylation is 1. The summed E-state index contributed by atoms with van der Waals surface area (Å²) in [7, 11) is 1.64. The molecule has 1 aromatic rings. The lowest BCUT2D eigenvalue weighted by Gasteiger charge is -2.37. The van der Waals surface area contributed by atoms with Crippen LogP contribution in [-0.4, -0.2) is 49.0 Å². The van der Waals surface area contributed by atoms with Crippen LogP contribution in [0.15, 0.2) is 18.2 Å². The molecule has 2 aliphatic rings. The number of aliphatic hydroxyl groups excluding tert-OH is 1. The van der Waals surface area contributed by atoms with Crippen LogP contribution in [0, 0.1) is 6.92 Å². The fraction of sp³-hybridized carbons (Fsp3) is 0.625. The van der Waals surface area contributed by atoms with Gasteiger partial charge in [0.25, 0.3) is 0 Å². The van der Waals surface area contributed by atoms with Crippen LogP contribution >= 0.6 is 0 Å². The number of hydrogen-bond donors (Lipinski definition) is 1. The Kier molecular flexibility index (Phi) is 3.96. The Hall–Kier alpha value is -1.10. The van der Waals surface area contributed by atoms with Crippen LogP contribution in [0.3, 0.4) is 0 Å².